The third-order valence-electron chi connectivity index (χ3n) is 5.21. The molecule has 0 aliphatic rings. The quantitative estimate of drug-likeness (QED) is 0.459. The maximum Gasteiger partial charge on any atom is 0.262 e. The second-order valence-corrected chi connectivity index (χ2v) is 9.32. The summed E-state index contributed by atoms with van der Waals surface area (Å²) in [6, 6.07) is 17.1. The molecule has 0 radical (unpaired) electrons. The molecule has 174 valence electrons. The van der Waals surface area contributed by atoms with E-state index in [2.05, 4.69) is 10.0 Å². The minimum atomic E-state index is -3.86. The number of nitrogens with one attached hydrogen (secondary N) is 2. The van der Waals surface area contributed by atoms with Gasteiger partial charge in [0, 0.05) is 11.3 Å². The highest BCUT2D eigenvalue weighted by Gasteiger charge is 2.19. The number of sulfonamides is 1. The van der Waals surface area contributed by atoms with E-state index in [1.165, 1.54) is 6.07 Å². The maximum absolute atomic E-state index is 13.0. The predicted molar refractivity (Wildman–Crippen MR) is 129 cm³/mol. The lowest BCUT2D eigenvalue weighted by Crippen LogP contribution is -2.28. The van der Waals surface area contributed by atoms with Crippen LogP contribution >= 0.6 is 0 Å². The first-order chi connectivity index (χ1) is 15.7. The van der Waals surface area contributed by atoms with Crippen LogP contribution in [0.25, 0.3) is 0 Å². The summed E-state index contributed by atoms with van der Waals surface area (Å²) in [4.78, 5) is 12.6. The first-order valence-electron chi connectivity index (χ1n) is 10.5. The topological polar surface area (TPSA) is 93.7 Å². The van der Waals surface area contributed by atoms with E-state index < -0.39 is 10.0 Å². The number of aryl methyl sites for hydroxylation is 3. The molecule has 0 saturated carbocycles. The number of benzene rings is 3. The van der Waals surface area contributed by atoms with Crippen LogP contribution in [0.15, 0.2) is 65.6 Å². The first-order valence-corrected chi connectivity index (χ1v) is 11.9. The summed E-state index contributed by atoms with van der Waals surface area (Å²) < 4.78 is 39.3. The highest BCUT2D eigenvalue weighted by Crippen LogP contribution is 2.22. The molecule has 0 fully saturated rings. The summed E-state index contributed by atoms with van der Waals surface area (Å²) >= 11 is 0. The van der Waals surface area contributed by atoms with Crippen molar-refractivity contribution in [1.29, 1.82) is 0 Å². The van der Waals surface area contributed by atoms with Gasteiger partial charge in [-0.05, 0) is 86.0 Å². The number of hydrogen-bond donors (Lipinski definition) is 2. The summed E-state index contributed by atoms with van der Waals surface area (Å²) in [6.07, 6.45) is 0. The molecule has 0 bridgehead atoms. The van der Waals surface area contributed by atoms with Crippen molar-refractivity contribution in [2.45, 2.75) is 25.7 Å². The molecule has 3 rings (SSSR count). The molecule has 0 aromatic heterocycles. The van der Waals surface area contributed by atoms with E-state index >= 15 is 0 Å². The summed E-state index contributed by atoms with van der Waals surface area (Å²) in [7, 11) is -2.27. The Balaban J connectivity index is 1.64. The molecule has 0 unspecified atom stereocenters. The zero-order valence-electron chi connectivity index (χ0n) is 19.1. The fourth-order valence-corrected chi connectivity index (χ4v) is 4.47. The van der Waals surface area contributed by atoms with Crippen molar-refractivity contribution in [2.24, 2.45) is 0 Å². The van der Waals surface area contributed by atoms with Crippen LogP contribution in [0, 0.1) is 20.8 Å². The molecule has 0 saturated heterocycles. The highest BCUT2D eigenvalue weighted by atomic mass is 32.2. The Labute approximate surface area is 194 Å². The second-order valence-electron chi connectivity index (χ2n) is 7.66. The Morgan fingerprint density at radius 1 is 0.848 bits per heavy atom. The van der Waals surface area contributed by atoms with E-state index in [9.17, 15) is 13.2 Å². The molecule has 0 atom stereocenters. The molecule has 0 aliphatic heterocycles. The van der Waals surface area contributed by atoms with Crippen molar-refractivity contribution < 1.29 is 22.7 Å². The lowest BCUT2D eigenvalue weighted by molar-refractivity contribution is 0.0946. The van der Waals surface area contributed by atoms with Gasteiger partial charge in [0.25, 0.3) is 15.9 Å². The fraction of sp³-hybridized carbons (Fsp3) is 0.240. The Hall–Kier alpha value is -3.52. The van der Waals surface area contributed by atoms with Gasteiger partial charge in [-0.2, -0.15) is 0 Å². The summed E-state index contributed by atoms with van der Waals surface area (Å²) in [5.74, 6) is 1.01. The minimum Gasteiger partial charge on any atom is -0.497 e. The number of ether oxygens (including phenoxy) is 2. The largest absolute Gasteiger partial charge is 0.497 e. The van der Waals surface area contributed by atoms with Gasteiger partial charge < -0.3 is 14.8 Å². The van der Waals surface area contributed by atoms with Crippen LogP contribution in [-0.2, 0) is 10.0 Å². The number of methoxy groups -OCH3 is 1. The van der Waals surface area contributed by atoms with Gasteiger partial charge in [-0.1, -0.05) is 12.1 Å². The molecule has 0 heterocycles. The lowest BCUT2D eigenvalue weighted by Gasteiger charge is -2.13. The average molecular weight is 469 g/mol. The van der Waals surface area contributed by atoms with Gasteiger partial charge in [0.05, 0.1) is 18.6 Å². The van der Waals surface area contributed by atoms with Crippen molar-refractivity contribution in [2.75, 3.05) is 25.0 Å². The Bertz CT molecular complexity index is 1240. The molecule has 2 N–H and O–H groups in total. The average Bonchev–Trinajstić information content (AvgIpc) is 2.79. The molecule has 33 heavy (non-hydrogen) atoms. The van der Waals surface area contributed by atoms with Crippen LogP contribution in [0.1, 0.15) is 27.0 Å². The normalized spacial score (nSPS) is 11.0. The zero-order chi connectivity index (χ0) is 24.0. The fourth-order valence-electron chi connectivity index (χ4n) is 3.15. The minimum absolute atomic E-state index is 0.0582. The van der Waals surface area contributed by atoms with E-state index in [0.717, 1.165) is 16.9 Å². The van der Waals surface area contributed by atoms with Crippen molar-refractivity contribution in [3.63, 3.8) is 0 Å². The van der Waals surface area contributed by atoms with Crippen molar-refractivity contribution in [3.05, 3.63) is 82.9 Å². The number of anilines is 1. The lowest BCUT2D eigenvalue weighted by atomic mass is 10.1. The van der Waals surface area contributed by atoms with Crippen LogP contribution in [0.2, 0.25) is 0 Å². The van der Waals surface area contributed by atoms with Gasteiger partial charge in [-0.15, -0.1) is 0 Å². The number of rotatable bonds is 9. The SMILES string of the molecule is COc1ccc(OCCNC(=O)c2ccc(C)c(S(=O)(=O)Nc3ccc(C)c(C)c3)c2)cc1. The molecule has 3 aromatic rings. The smallest absolute Gasteiger partial charge is 0.262 e. The van der Waals surface area contributed by atoms with Gasteiger partial charge in [0.15, 0.2) is 0 Å². The van der Waals surface area contributed by atoms with Crippen molar-refractivity contribution in [3.8, 4) is 11.5 Å². The Kier molecular flexibility index (Phi) is 7.60. The number of hydrogen-bond acceptors (Lipinski definition) is 5. The van der Waals surface area contributed by atoms with Crippen LogP contribution in [0.3, 0.4) is 0 Å². The number of amides is 1. The number of carbonyl (C=O) groups is 1. The maximum atomic E-state index is 13.0. The zero-order valence-corrected chi connectivity index (χ0v) is 20.0. The van der Waals surface area contributed by atoms with Gasteiger partial charge in [-0.25, -0.2) is 8.42 Å². The number of carbonyl (C=O) groups excluding carboxylic acids is 1. The molecule has 1 amide bonds. The van der Waals surface area contributed by atoms with Crippen LogP contribution in [0.4, 0.5) is 5.69 Å². The van der Waals surface area contributed by atoms with Gasteiger partial charge in [-0.3, -0.25) is 9.52 Å². The highest BCUT2D eigenvalue weighted by molar-refractivity contribution is 7.92. The third kappa shape index (κ3) is 6.26. The van der Waals surface area contributed by atoms with Gasteiger partial charge in [0.2, 0.25) is 0 Å². The standard InChI is InChI=1S/C25H28N2O5S/c1-17-6-8-21(15-19(17)3)27-33(29,30)24-16-20(7-5-18(24)2)25(28)26-13-14-32-23-11-9-22(31-4)10-12-23/h5-12,15-16,27H,13-14H2,1-4H3,(H,26,28). The molecule has 0 aliphatic carbocycles. The van der Waals surface area contributed by atoms with E-state index in [1.807, 2.05) is 19.9 Å². The Morgan fingerprint density at radius 3 is 2.18 bits per heavy atom. The summed E-state index contributed by atoms with van der Waals surface area (Å²) in [6.45, 7) is 6.11. The summed E-state index contributed by atoms with van der Waals surface area (Å²) in [5, 5.41) is 2.75. The van der Waals surface area contributed by atoms with E-state index in [1.54, 1.807) is 62.6 Å². The molecular weight excluding hydrogens is 440 g/mol. The van der Waals surface area contributed by atoms with Gasteiger partial charge >= 0.3 is 0 Å². The summed E-state index contributed by atoms with van der Waals surface area (Å²) in [5.41, 5.74) is 3.33. The van der Waals surface area contributed by atoms with E-state index in [4.69, 9.17) is 9.47 Å². The molecule has 3 aromatic carbocycles. The molecule has 7 nitrogen and oxygen atoms in total. The first kappa shape index (κ1) is 24.1. The monoisotopic (exact) mass is 468 g/mol. The van der Waals surface area contributed by atoms with Gasteiger partial charge in [0.1, 0.15) is 18.1 Å². The molecule has 0 spiro atoms. The van der Waals surface area contributed by atoms with Crippen molar-refractivity contribution in [1.82, 2.24) is 5.32 Å². The van der Waals surface area contributed by atoms with E-state index in [-0.39, 0.29) is 29.5 Å². The molecular formula is C25H28N2O5S. The van der Waals surface area contributed by atoms with Crippen LogP contribution < -0.4 is 19.5 Å². The second kappa shape index (κ2) is 10.4. The molecule has 8 heteroatoms. The predicted octanol–water partition coefficient (Wildman–Crippen LogP) is 4.23. The van der Waals surface area contributed by atoms with Crippen LogP contribution in [-0.4, -0.2) is 34.6 Å². The Morgan fingerprint density at radius 2 is 1.52 bits per heavy atom. The van der Waals surface area contributed by atoms with Crippen molar-refractivity contribution >= 4 is 21.6 Å². The van der Waals surface area contributed by atoms with Crippen LogP contribution in [0.5, 0.6) is 11.5 Å². The third-order valence-corrected chi connectivity index (χ3v) is 6.74. The van der Waals surface area contributed by atoms with E-state index in [0.29, 0.717) is 17.0 Å².